The van der Waals surface area contributed by atoms with Crippen LogP contribution in [0.15, 0.2) is 0 Å². The molecule has 1 amide bonds. The maximum Gasteiger partial charge on any atom is 0.319 e. The normalized spacial score (nSPS) is 14.8. The molecule has 0 aromatic rings. The van der Waals surface area contributed by atoms with Gasteiger partial charge in [-0.05, 0) is 19.8 Å². The van der Waals surface area contributed by atoms with Crippen LogP contribution in [0.2, 0.25) is 0 Å². The number of nitrogens with zero attached hydrogens (tertiary/aromatic N) is 1. The largest absolute Gasteiger partial charge is 0.465 e. The summed E-state index contributed by atoms with van der Waals surface area (Å²) >= 11 is 0. The van der Waals surface area contributed by atoms with E-state index in [4.69, 9.17) is 4.74 Å². The molecule has 0 heterocycles. The first-order chi connectivity index (χ1) is 7.15. The highest BCUT2D eigenvalue weighted by Gasteiger charge is 2.29. The molecule has 1 saturated carbocycles. The van der Waals surface area contributed by atoms with Gasteiger partial charge in [0.15, 0.2) is 0 Å². The van der Waals surface area contributed by atoms with E-state index in [2.05, 4.69) is 5.32 Å². The molecule has 0 spiro atoms. The number of carbonyl (C=O) groups excluding carboxylic acids is 2. The van der Waals surface area contributed by atoms with Crippen LogP contribution in [0.4, 0.5) is 0 Å². The second kappa shape index (κ2) is 5.70. The van der Waals surface area contributed by atoms with Crippen LogP contribution >= 0.6 is 0 Å². The molecule has 1 fully saturated rings. The zero-order chi connectivity index (χ0) is 11.3. The molecule has 0 aliphatic heterocycles. The zero-order valence-corrected chi connectivity index (χ0v) is 9.28. The van der Waals surface area contributed by atoms with Gasteiger partial charge in [0.05, 0.1) is 19.7 Å². The van der Waals surface area contributed by atoms with E-state index in [-0.39, 0.29) is 25.0 Å². The van der Waals surface area contributed by atoms with Crippen molar-refractivity contribution >= 4 is 11.9 Å². The van der Waals surface area contributed by atoms with Gasteiger partial charge in [-0.25, -0.2) is 0 Å². The van der Waals surface area contributed by atoms with Crippen molar-refractivity contribution in [3.8, 4) is 0 Å². The monoisotopic (exact) mass is 214 g/mol. The Bertz CT molecular complexity index is 239. The molecule has 0 atom stereocenters. The van der Waals surface area contributed by atoms with E-state index in [1.807, 2.05) is 0 Å². The van der Waals surface area contributed by atoms with Crippen molar-refractivity contribution in [1.82, 2.24) is 10.2 Å². The van der Waals surface area contributed by atoms with Crippen molar-refractivity contribution in [1.29, 1.82) is 0 Å². The number of nitrogens with one attached hydrogen (secondary N) is 1. The predicted molar refractivity (Wildman–Crippen MR) is 55.3 cm³/mol. The van der Waals surface area contributed by atoms with Crippen molar-refractivity contribution in [2.75, 3.05) is 26.7 Å². The van der Waals surface area contributed by atoms with Gasteiger partial charge < -0.3 is 9.64 Å². The fourth-order valence-corrected chi connectivity index (χ4v) is 1.27. The average molecular weight is 214 g/mol. The second-order valence-corrected chi connectivity index (χ2v) is 3.64. The van der Waals surface area contributed by atoms with Crippen molar-refractivity contribution in [3.63, 3.8) is 0 Å². The van der Waals surface area contributed by atoms with Crippen molar-refractivity contribution in [2.45, 2.75) is 25.8 Å². The summed E-state index contributed by atoms with van der Waals surface area (Å²) in [5.41, 5.74) is 0. The van der Waals surface area contributed by atoms with E-state index in [1.165, 1.54) is 0 Å². The number of hydrogen-bond acceptors (Lipinski definition) is 4. The maximum absolute atomic E-state index is 11.5. The summed E-state index contributed by atoms with van der Waals surface area (Å²) in [4.78, 5) is 24.1. The molecule has 5 heteroatoms. The molecule has 15 heavy (non-hydrogen) atoms. The molecule has 1 aliphatic carbocycles. The molecule has 86 valence electrons. The quantitative estimate of drug-likeness (QED) is 0.620. The topological polar surface area (TPSA) is 58.6 Å². The molecule has 0 bridgehead atoms. The summed E-state index contributed by atoms with van der Waals surface area (Å²) in [6.45, 7) is 2.42. The number of rotatable bonds is 6. The van der Waals surface area contributed by atoms with Crippen molar-refractivity contribution in [2.24, 2.45) is 0 Å². The summed E-state index contributed by atoms with van der Waals surface area (Å²) in [7, 11) is 1.80. The minimum atomic E-state index is -0.320. The van der Waals surface area contributed by atoms with E-state index in [0.717, 1.165) is 12.8 Å². The van der Waals surface area contributed by atoms with Crippen molar-refractivity contribution in [3.05, 3.63) is 0 Å². The predicted octanol–water partition coefficient (Wildman–Crippen LogP) is -0.240. The smallest absolute Gasteiger partial charge is 0.319 e. The highest BCUT2D eigenvalue weighted by atomic mass is 16.5. The molecule has 0 unspecified atom stereocenters. The first-order valence-corrected chi connectivity index (χ1v) is 5.27. The molecule has 1 N–H and O–H groups in total. The van der Waals surface area contributed by atoms with Crippen LogP contribution in [0.25, 0.3) is 0 Å². The lowest BCUT2D eigenvalue weighted by Gasteiger charge is -2.16. The van der Waals surface area contributed by atoms with E-state index >= 15 is 0 Å². The summed E-state index contributed by atoms with van der Waals surface area (Å²) in [6, 6.07) is 0.418. The Morgan fingerprint density at radius 3 is 2.60 bits per heavy atom. The molecular weight excluding hydrogens is 196 g/mol. The number of likely N-dealkylation sites (N-methyl/N-ethyl adjacent to an activating group) is 1. The van der Waals surface area contributed by atoms with Crippen LogP contribution in [-0.4, -0.2) is 49.6 Å². The van der Waals surface area contributed by atoms with Crippen LogP contribution < -0.4 is 5.32 Å². The Morgan fingerprint density at radius 2 is 2.07 bits per heavy atom. The molecule has 0 radical (unpaired) electrons. The van der Waals surface area contributed by atoms with Gasteiger partial charge in [-0.1, -0.05) is 0 Å². The highest BCUT2D eigenvalue weighted by Crippen LogP contribution is 2.24. The Labute approximate surface area is 89.8 Å². The summed E-state index contributed by atoms with van der Waals surface area (Å²) < 4.78 is 4.72. The van der Waals surface area contributed by atoms with E-state index in [0.29, 0.717) is 12.6 Å². The van der Waals surface area contributed by atoms with Crippen LogP contribution in [0.3, 0.4) is 0 Å². The van der Waals surface area contributed by atoms with Crippen LogP contribution in [0, 0.1) is 0 Å². The lowest BCUT2D eigenvalue weighted by molar-refractivity contribution is -0.142. The summed E-state index contributed by atoms with van der Waals surface area (Å²) in [5.74, 6) is -0.291. The summed E-state index contributed by atoms with van der Waals surface area (Å²) in [6.07, 6.45) is 2.19. The van der Waals surface area contributed by atoms with Gasteiger partial charge in [-0.3, -0.25) is 14.9 Å². The van der Waals surface area contributed by atoms with E-state index < -0.39 is 0 Å². The number of esters is 1. The van der Waals surface area contributed by atoms with Gasteiger partial charge in [0.25, 0.3) is 0 Å². The standard InChI is InChI=1S/C10H18N2O3/c1-3-15-10(14)7-11-6-9(13)12(2)8-4-5-8/h8,11H,3-7H2,1-2H3. The average Bonchev–Trinajstić information content (AvgIpc) is 3.00. The Kier molecular flexibility index (Phi) is 4.55. The minimum Gasteiger partial charge on any atom is -0.465 e. The fourth-order valence-electron chi connectivity index (χ4n) is 1.27. The molecule has 0 saturated heterocycles. The van der Waals surface area contributed by atoms with E-state index in [9.17, 15) is 9.59 Å². The van der Waals surface area contributed by atoms with Crippen molar-refractivity contribution < 1.29 is 14.3 Å². The number of amides is 1. The van der Waals surface area contributed by atoms with Gasteiger partial charge in [-0.15, -0.1) is 0 Å². The van der Waals surface area contributed by atoms with Crippen LogP contribution in [0.1, 0.15) is 19.8 Å². The van der Waals surface area contributed by atoms with Crippen LogP contribution in [0.5, 0.6) is 0 Å². The Hall–Kier alpha value is -1.10. The summed E-state index contributed by atoms with van der Waals surface area (Å²) in [5, 5.41) is 2.77. The first-order valence-electron chi connectivity index (χ1n) is 5.27. The van der Waals surface area contributed by atoms with E-state index in [1.54, 1.807) is 18.9 Å². The minimum absolute atomic E-state index is 0.0294. The van der Waals surface area contributed by atoms with Gasteiger partial charge in [0.1, 0.15) is 0 Å². The number of hydrogen-bond donors (Lipinski definition) is 1. The fraction of sp³-hybridized carbons (Fsp3) is 0.800. The third kappa shape index (κ3) is 4.29. The number of ether oxygens (including phenoxy) is 1. The number of carbonyl (C=O) groups is 2. The molecule has 0 aromatic heterocycles. The lowest BCUT2D eigenvalue weighted by atomic mass is 10.4. The lowest BCUT2D eigenvalue weighted by Crippen LogP contribution is -2.38. The maximum atomic E-state index is 11.5. The van der Waals surface area contributed by atoms with Gasteiger partial charge in [0, 0.05) is 13.1 Å². The second-order valence-electron chi connectivity index (χ2n) is 3.64. The molecule has 5 nitrogen and oxygen atoms in total. The van der Waals surface area contributed by atoms with Crippen LogP contribution in [-0.2, 0) is 14.3 Å². The van der Waals surface area contributed by atoms with Gasteiger partial charge >= 0.3 is 5.97 Å². The molecule has 1 aliphatic rings. The van der Waals surface area contributed by atoms with Gasteiger partial charge in [0.2, 0.25) is 5.91 Å². The zero-order valence-electron chi connectivity index (χ0n) is 9.28. The molecule has 0 aromatic carbocycles. The third-order valence-corrected chi connectivity index (χ3v) is 2.34. The highest BCUT2D eigenvalue weighted by molar-refractivity contribution is 5.79. The first kappa shape index (κ1) is 12.0. The van der Waals surface area contributed by atoms with Gasteiger partial charge in [-0.2, -0.15) is 0 Å². The molecular formula is C10H18N2O3. The molecule has 1 rings (SSSR count). The Balaban J connectivity index is 2.08. The third-order valence-electron chi connectivity index (χ3n) is 2.34. The Morgan fingerprint density at radius 1 is 1.40 bits per heavy atom. The SMILES string of the molecule is CCOC(=O)CNCC(=O)N(C)C1CC1.